The second-order valence-electron chi connectivity index (χ2n) is 9.78. The molecule has 0 spiro atoms. The Hall–Kier alpha value is -2.96. The van der Waals surface area contributed by atoms with Gasteiger partial charge in [0.05, 0.1) is 25.6 Å². The highest BCUT2D eigenvalue weighted by molar-refractivity contribution is 5.83. The van der Waals surface area contributed by atoms with E-state index in [1.807, 2.05) is 64.1 Å². The summed E-state index contributed by atoms with van der Waals surface area (Å²) in [5.41, 5.74) is 1.50. The lowest BCUT2D eigenvalue weighted by molar-refractivity contribution is -0.164. The first kappa shape index (κ1) is 26.6. The van der Waals surface area contributed by atoms with Crippen molar-refractivity contribution in [2.24, 2.45) is 23.7 Å². The van der Waals surface area contributed by atoms with Crippen LogP contribution in [0.25, 0.3) is 22.3 Å². The first-order chi connectivity index (χ1) is 16.5. The van der Waals surface area contributed by atoms with E-state index in [1.165, 1.54) is 0 Å². The average Bonchev–Trinajstić information content (AvgIpc) is 3.22. The first-order valence-corrected chi connectivity index (χ1v) is 12.0. The lowest BCUT2D eigenvalue weighted by atomic mass is 9.88. The number of fused-ring (bicyclic) bond motifs is 1. The van der Waals surface area contributed by atoms with E-state index in [4.69, 9.17) is 13.9 Å². The predicted octanol–water partition coefficient (Wildman–Crippen LogP) is 7.91. The van der Waals surface area contributed by atoms with Gasteiger partial charge in [0.25, 0.3) is 0 Å². The van der Waals surface area contributed by atoms with Gasteiger partial charge in [-0.25, -0.2) is 0 Å². The standard InChI is InChI=1S/C28H33F3O4/c1-18(2)12-24(19(3)4)27(32)34-17-20(15-28(29,30)31)16-33-23-11-10-22-13-25(35-26(22)14-23)21-8-6-5-7-9-21/h5-11,13-14,18-20,24H,12,15-17H2,1-4H3. The lowest BCUT2D eigenvalue weighted by Crippen LogP contribution is -2.30. The second-order valence-corrected chi connectivity index (χ2v) is 9.78. The Balaban J connectivity index is 1.66. The van der Waals surface area contributed by atoms with E-state index in [0.717, 1.165) is 10.9 Å². The SMILES string of the molecule is CC(C)CC(C(=O)OCC(COc1ccc2cc(-c3ccccc3)oc2c1)CC(F)(F)F)C(C)C. The van der Waals surface area contributed by atoms with Crippen molar-refractivity contribution in [1.82, 2.24) is 0 Å². The predicted molar refractivity (Wildman–Crippen MR) is 130 cm³/mol. The zero-order valence-electron chi connectivity index (χ0n) is 20.6. The van der Waals surface area contributed by atoms with Gasteiger partial charge >= 0.3 is 12.1 Å². The van der Waals surface area contributed by atoms with Crippen LogP contribution in [0.4, 0.5) is 13.2 Å². The van der Waals surface area contributed by atoms with Crippen LogP contribution in [-0.2, 0) is 9.53 Å². The van der Waals surface area contributed by atoms with Crippen molar-refractivity contribution in [3.8, 4) is 17.1 Å². The van der Waals surface area contributed by atoms with Crippen molar-refractivity contribution in [3.63, 3.8) is 0 Å². The maximum Gasteiger partial charge on any atom is 0.389 e. The van der Waals surface area contributed by atoms with Gasteiger partial charge in [-0.15, -0.1) is 0 Å². The van der Waals surface area contributed by atoms with Crippen LogP contribution >= 0.6 is 0 Å². The Kier molecular flexibility index (Phi) is 8.87. The number of rotatable bonds is 11. The van der Waals surface area contributed by atoms with Crippen molar-refractivity contribution in [2.45, 2.75) is 46.7 Å². The quantitative estimate of drug-likeness (QED) is 0.256. The van der Waals surface area contributed by atoms with E-state index in [9.17, 15) is 18.0 Å². The number of carbonyl (C=O) groups excluding carboxylic acids is 1. The third-order valence-corrected chi connectivity index (χ3v) is 5.85. The van der Waals surface area contributed by atoms with Crippen LogP contribution in [0.5, 0.6) is 5.75 Å². The highest BCUT2D eigenvalue weighted by Crippen LogP contribution is 2.31. The third kappa shape index (κ3) is 8.05. The summed E-state index contributed by atoms with van der Waals surface area (Å²) in [4.78, 5) is 12.6. The van der Waals surface area contributed by atoms with Crippen LogP contribution in [0.15, 0.2) is 59.0 Å². The van der Waals surface area contributed by atoms with Gasteiger partial charge in [-0.2, -0.15) is 13.2 Å². The van der Waals surface area contributed by atoms with Crippen molar-refractivity contribution in [1.29, 1.82) is 0 Å². The van der Waals surface area contributed by atoms with Crippen LogP contribution in [0.2, 0.25) is 0 Å². The molecule has 0 N–H and O–H groups in total. The molecule has 0 bridgehead atoms. The molecule has 0 saturated carbocycles. The number of furan rings is 1. The molecular formula is C28H33F3O4. The molecule has 0 radical (unpaired) electrons. The molecule has 0 aliphatic rings. The normalized spacial score (nSPS) is 13.9. The van der Waals surface area contributed by atoms with Crippen LogP contribution in [-0.4, -0.2) is 25.4 Å². The molecule has 3 rings (SSSR count). The van der Waals surface area contributed by atoms with Crippen LogP contribution in [0, 0.1) is 23.7 Å². The molecule has 0 amide bonds. The summed E-state index contributed by atoms with van der Waals surface area (Å²) in [7, 11) is 0. The summed E-state index contributed by atoms with van der Waals surface area (Å²) in [6.07, 6.45) is -4.87. The van der Waals surface area contributed by atoms with E-state index >= 15 is 0 Å². The highest BCUT2D eigenvalue weighted by atomic mass is 19.4. The number of ether oxygens (including phenoxy) is 2. The molecular weight excluding hydrogens is 457 g/mol. The number of carbonyl (C=O) groups is 1. The van der Waals surface area contributed by atoms with Crippen LogP contribution in [0.3, 0.4) is 0 Å². The Morgan fingerprint density at radius 1 is 0.971 bits per heavy atom. The van der Waals surface area contributed by atoms with Crippen molar-refractivity contribution < 1.29 is 31.9 Å². The van der Waals surface area contributed by atoms with E-state index in [-0.39, 0.29) is 31.0 Å². The summed E-state index contributed by atoms with van der Waals surface area (Å²) in [6.45, 7) is 7.25. The molecule has 7 heteroatoms. The number of halogens is 3. The van der Waals surface area contributed by atoms with Gasteiger partial charge in [-0.05, 0) is 36.5 Å². The molecule has 3 aromatic rings. The van der Waals surface area contributed by atoms with Gasteiger partial charge in [-0.3, -0.25) is 4.79 Å². The van der Waals surface area contributed by atoms with Gasteiger partial charge in [-0.1, -0.05) is 58.0 Å². The molecule has 35 heavy (non-hydrogen) atoms. The maximum atomic E-state index is 13.2. The molecule has 0 aliphatic heterocycles. The lowest BCUT2D eigenvalue weighted by Gasteiger charge is -2.24. The molecule has 0 aliphatic carbocycles. The van der Waals surface area contributed by atoms with Gasteiger partial charge in [0.15, 0.2) is 0 Å². The fourth-order valence-corrected chi connectivity index (χ4v) is 4.01. The fraction of sp³-hybridized carbons (Fsp3) is 0.464. The van der Waals surface area contributed by atoms with E-state index in [1.54, 1.807) is 18.2 Å². The zero-order chi connectivity index (χ0) is 25.6. The van der Waals surface area contributed by atoms with E-state index in [0.29, 0.717) is 23.5 Å². The van der Waals surface area contributed by atoms with Gasteiger partial charge in [0, 0.05) is 22.9 Å². The molecule has 0 fully saturated rings. The van der Waals surface area contributed by atoms with Crippen molar-refractivity contribution in [3.05, 3.63) is 54.6 Å². The Bertz CT molecular complexity index is 1090. The summed E-state index contributed by atoms with van der Waals surface area (Å²) in [6, 6.07) is 16.7. The number of benzene rings is 2. The summed E-state index contributed by atoms with van der Waals surface area (Å²) in [5.74, 6) is -0.399. The van der Waals surface area contributed by atoms with Crippen molar-refractivity contribution in [2.75, 3.05) is 13.2 Å². The number of alkyl halides is 3. The number of hydrogen-bond acceptors (Lipinski definition) is 4. The monoisotopic (exact) mass is 490 g/mol. The Morgan fingerprint density at radius 2 is 1.69 bits per heavy atom. The summed E-state index contributed by atoms with van der Waals surface area (Å²) >= 11 is 0. The van der Waals surface area contributed by atoms with E-state index in [2.05, 4.69) is 0 Å². The van der Waals surface area contributed by atoms with Gasteiger partial charge in [0.2, 0.25) is 0 Å². The minimum absolute atomic E-state index is 0.0445. The van der Waals surface area contributed by atoms with Crippen LogP contribution in [0.1, 0.15) is 40.5 Å². The maximum absolute atomic E-state index is 13.2. The smallest absolute Gasteiger partial charge is 0.389 e. The second kappa shape index (κ2) is 11.6. The average molecular weight is 491 g/mol. The van der Waals surface area contributed by atoms with Gasteiger partial charge < -0.3 is 13.9 Å². The number of esters is 1. The Labute approximate surface area is 204 Å². The molecule has 4 nitrogen and oxygen atoms in total. The zero-order valence-corrected chi connectivity index (χ0v) is 20.6. The van der Waals surface area contributed by atoms with E-state index < -0.39 is 24.5 Å². The van der Waals surface area contributed by atoms with Crippen LogP contribution < -0.4 is 4.74 Å². The minimum atomic E-state index is -4.40. The van der Waals surface area contributed by atoms with Crippen molar-refractivity contribution >= 4 is 16.9 Å². The molecule has 2 aromatic carbocycles. The molecule has 0 saturated heterocycles. The minimum Gasteiger partial charge on any atom is -0.493 e. The van der Waals surface area contributed by atoms with Gasteiger partial charge in [0.1, 0.15) is 17.1 Å². The third-order valence-electron chi connectivity index (χ3n) is 5.85. The summed E-state index contributed by atoms with van der Waals surface area (Å²) < 4.78 is 56.5. The largest absolute Gasteiger partial charge is 0.493 e. The molecule has 2 atom stereocenters. The Morgan fingerprint density at radius 3 is 2.31 bits per heavy atom. The summed E-state index contributed by atoms with van der Waals surface area (Å²) in [5, 5.41) is 0.863. The fourth-order valence-electron chi connectivity index (χ4n) is 4.01. The highest BCUT2D eigenvalue weighted by Gasteiger charge is 2.34. The molecule has 2 unspecified atom stereocenters. The first-order valence-electron chi connectivity index (χ1n) is 12.0. The molecule has 1 heterocycles. The number of hydrogen-bond donors (Lipinski definition) is 0. The molecule has 190 valence electrons. The molecule has 1 aromatic heterocycles. The topological polar surface area (TPSA) is 48.7 Å².